The molecule has 5 atom stereocenters. The standard InChI is InChI=1S/C55H69N7O8/c1-10-61-46-18-17-36-27-41(46)42(49(61)40-14-11-20-56-45(40)32-69-9)29-54(4,5)33-70-52(67)44-15-12-22-62(57-44)53(68)55(28-35-24-38(36)26-39(63)25-35)30-43(55)50(65)48(34(2)3)59(8)51(66)37-19-23-60(31-37)47(64)16-13-21-58(6)7/h11,14,17-18,20,24-27,34,37,43-44,48,57,63H,10,12,15,19,21-23,28-33H2,1-9H3/t37-,43?,44-,48-,55?/m0/s1. The quantitative estimate of drug-likeness (QED) is 0.144. The Labute approximate surface area is 411 Å². The van der Waals surface area contributed by atoms with Gasteiger partial charge in [0.05, 0.1) is 48.5 Å². The Morgan fingerprint density at radius 1 is 1.03 bits per heavy atom. The van der Waals surface area contributed by atoms with E-state index in [9.17, 15) is 19.5 Å². The molecule has 70 heavy (non-hydrogen) atoms. The van der Waals surface area contributed by atoms with E-state index in [1.54, 1.807) is 37.4 Å². The van der Waals surface area contributed by atoms with E-state index in [1.165, 1.54) is 9.91 Å². The van der Waals surface area contributed by atoms with Gasteiger partial charge in [0.2, 0.25) is 11.8 Å². The normalized spacial score (nSPS) is 22.7. The van der Waals surface area contributed by atoms with E-state index in [-0.39, 0.29) is 61.2 Å². The van der Waals surface area contributed by atoms with Crippen molar-refractivity contribution in [1.82, 2.24) is 34.7 Å². The Morgan fingerprint density at radius 2 is 1.81 bits per heavy atom. The average molecular weight is 956 g/mol. The van der Waals surface area contributed by atoms with Crippen LogP contribution in [0.5, 0.6) is 5.75 Å². The molecule has 2 saturated heterocycles. The van der Waals surface area contributed by atoms with Crippen LogP contribution in [-0.4, -0.2) is 137 Å². The molecule has 5 heterocycles. The number of methoxy groups -OCH3 is 1. The number of esters is 1. The van der Waals surface area contributed by atoms with Crippen molar-refractivity contribution in [2.45, 2.75) is 98.4 Å². The predicted molar refractivity (Wildman–Crippen MR) is 267 cm³/mol. The Morgan fingerprint density at radius 3 is 2.54 bits per heavy atom. The van der Waals surface area contributed by atoms with E-state index in [2.05, 4.69) is 60.8 Å². The van der Waals surface area contributed by atoms with Crippen LogP contribution in [0.25, 0.3) is 33.3 Å². The summed E-state index contributed by atoms with van der Waals surface area (Å²) < 4.78 is 14.1. The number of benzene rings is 2. The number of ether oxygens (including phenoxy) is 2. The van der Waals surface area contributed by atoms with Crippen LogP contribution in [0, 0.1) is 40.4 Å². The average Bonchev–Trinajstić information content (AvgIpc) is 3.68. The van der Waals surface area contributed by atoms with Gasteiger partial charge in [-0.15, -0.1) is 0 Å². The molecule has 1 aliphatic carbocycles. The first kappa shape index (κ1) is 50.3. The van der Waals surface area contributed by atoms with Crippen molar-refractivity contribution in [3.05, 3.63) is 71.5 Å². The van der Waals surface area contributed by atoms with Crippen molar-refractivity contribution < 1.29 is 38.6 Å². The molecule has 1 spiro atoms. The number of aromatic nitrogens is 2. The SMILES string of the molecule is CCn1c(-c2cccnc2COC)c2c3cc(ccc31)-c1cc(O)cc(c1)CC1(CC1C(=O)[C@H](C(C)C)N(C)C(=O)[C@H]1CCN(C(=O)C#CCN(C)C)C1)C(=O)N1CCC[C@H](N1)C(=O)OCC(C)(C)C2. The third-order valence-electron chi connectivity index (χ3n) is 14.7. The Bertz CT molecular complexity index is 2750. The Kier molecular flexibility index (Phi) is 14.6. The van der Waals surface area contributed by atoms with Crippen LogP contribution in [0.4, 0.5) is 0 Å². The molecule has 3 amide bonds. The number of amides is 3. The predicted octanol–water partition coefficient (Wildman–Crippen LogP) is 5.88. The monoisotopic (exact) mass is 956 g/mol. The number of carbonyl (C=O) groups is 5. The molecule has 3 aliphatic heterocycles. The van der Waals surface area contributed by atoms with Gasteiger partial charge in [0.1, 0.15) is 11.8 Å². The van der Waals surface area contributed by atoms with E-state index < -0.39 is 40.7 Å². The summed E-state index contributed by atoms with van der Waals surface area (Å²) in [5.74, 6) is 2.50. The Hall–Kier alpha value is -6.08. The fourth-order valence-electron chi connectivity index (χ4n) is 11.2. The first-order chi connectivity index (χ1) is 33.4. The number of aryl methyl sites for hydroxylation is 1. The van der Waals surface area contributed by atoms with Crippen LogP contribution in [0.15, 0.2) is 54.7 Å². The van der Waals surface area contributed by atoms with Gasteiger partial charge in [-0.2, -0.15) is 0 Å². The lowest BCUT2D eigenvalue weighted by Gasteiger charge is -2.36. The summed E-state index contributed by atoms with van der Waals surface area (Å²) in [7, 11) is 7.05. The molecule has 0 radical (unpaired) electrons. The zero-order valence-corrected chi connectivity index (χ0v) is 42.3. The van der Waals surface area contributed by atoms with E-state index in [0.29, 0.717) is 64.0 Å². The summed E-state index contributed by atoms with van der Waals surface area (Å²) >= 11 is 0. The summed E-state index contributed by atoms with van der Waals surface area (Å²) in [6.07, 6.45) is 4.14. The smallest absolute Gasteiger partial charge is 0.324 e. The molecule has 1 saturated carbocycles. The molecule has 15 heteroatoms. The number of nitrogens with zero attached hydrogens (tertiary/aromatic N) is 6. The van der Waals surface area contributed by atoms with Crippen molar-refractivity contribution >= 4 is 40.4 Å². The number of hydrogen-bond acceptors (Lipinski definition) is 11. The van der Waals surface area contributed by atoms with Gasteiger partial charge in [0, 0.05) is 74.3 Å². The van der Waals surface area contributed by atoms with Gasteiger partial charge in [-0.3, -0.25) is 38.9 Å². The highest BCUT2D eigenvalue weighted by Gasteiger charge is 2.66. The van der Waals surface area contributed by atoms with Crippen molar-refractivity contribution in [2.75, 3.05) is 61.0 Å². The highest BCUT2D eigenvalue weighted by Crippen LogP contribution is 2.58. The molecular weight excluding hydrogens is 887 g/mol. The third-order valence-corrected chi connectivity index (χ3v) is 14.7. The number of rotatable bonds is 10. The van der Waals surface area contributed by atoms with E-state index in [4.69, 9.17) is 14.5 Å². The first-order valence-corrected chi connectivity index (χ1v) is 24.8. The summed E-state index contributed by atoms with van der Waals surface area (Å²) in [6, 6.07) is 14.1. The second kappa shape index (κ2) is 20.3. The van der Waals surface area contributed by atoms with Gasteiger partial charge in [0.25, 0.3) is 5.91 Å². The summed E-state index contributed by atoms with van der Waals surface area (Å²) in [5, 5.41) is 14.0. The number of ketones is 1. The first-order valence-electron chi connectivity index (χ1n) is 24.8. The molecule has 2 aromatic carbocycles. The molecule has 8 rings (SSSR count). The zero-order chi connectivity index (χ0) is 50.2. The highest BCUT2D eigenvalue weighted by molar-refractivity contribution is 6.01. The second-order valence-corrected chi connectivity index (χ2v) is 21.3. The lowest BCUT2D eigenvalue weighted by Crippen LogP contribution is -2.58. The summed E-state index contributed by atoms with van der Waals surface area (Å²) in [4.78, 5) is 81.2. The number of phenolic OH excluding ortho intramolecular Hbond substituents is 1. The molecule has 2 aromatic heterocycles. The van der Waals surface area contributed by atoms with Gasteiger partial charge in [-0.1, -0.05) is 45.7 Å². The minimum atomic E-state index is -1.23. The number of pyridine rings is 1. The summed E-state index contributed by atoms with van der Waals surface area (Å²) in [6.45, 7) is 12.6. The number of carbonyl (C=O) groups excluding carboxylic acids is 5. The van der Waals surface area contributed by atoms with E-state index >= 15 is 9.59 Å². The van der Waals surface area contributed by atoms with Crippen molar-refractivity contribution in [3.63, 3.8) is 0 Å². The van der Waals surface area contributed by atoms with Gasteiger partial charge >= 0.3 is 5.97 Å². The number of likely N-dealkylation sites (tertiary alicyclic amines) is 1. The highest BCUT2D eigenvalue weighted by atomic mass is 16.5. The third kappa shape index (κ3) is 10.1. The van der Waals surface area contributed by atoms with Gasteiger partial charge < -0.3 is 28.9 Å². The topological polar surface area (TPSA) is 167 Å². The lowest BCUT2D eigenvalue weighted by atomic mass is 9.84. The lowest BCUT2D eigenvalue weighted by molar-refractivity contribution is -0.156. The van der Waals surface area contributed by atoms with Crippen molar-refractivity contribution in [2.24, 2.45) is 28.6 Å². The van der Waals surface area contributed by atoms with Crippen LogP contribution in [-0.2, 0) is 59.4 Å². The number of hydrazine groups is 1. The number of aromatic hydroxyl groups is 1. The largest absolute Gasteiger partial charge is 0.508 e. The molecule has 4 aromatic rings. The zero-order valence-electron chi connectivity index (χ0n) is 42.3. The number of likely N-dealkylation sites (N-methyl/N-ethyl adjacent to an activating group) is 1. The van der Waals surface area contributed by atoms with Gasteiger partial charge in [0.15, 0.2) is 5.78 Å². The number of cyclic esters (lactones) is 1. The summed E-state index contributed by atoms with van der Waals surface area (Å²) in [5.41, 5.74) is 8.61. The maximum atomic E-state index is 15.2. The van der Waals surface area contributed by atoms with Crippen LogP contribution in [0.2, 0.25) is 0 Å². The van der Waals surface area contributed by atoms with Crippen LogP contribution in [0.3, 0.4) is 0 Å². The number of nitrogens with one attached hydrogen (secondary N) is 1. The Balaban J connectivity index is 1.17. The number of fused-ring (bicyclic) bond motifs is 6. The molecule has 4 aliphatic rings. The fourth-order valence-corrected chi connectivity index (χ4v) is 11.2. The molecule has 15 nitrogen and oxygen atoms in total. The van der Waals surface area contributed by atoms with Crippen molar-refractivity contribution in [1.29, 1.82) is 0 Å². The molecule has 2 N–H and O–H groups in total. The molecule has 6 bridgehead atoms. The fraction of sp³-hybridized carbons (Fsp3) is 0.527. The number of hydrogen-bond donors (Lipinski definition) is 2. The molecule has 2 unspecified atom stereocenters. The van der Waals surface area contributed by atoms with Crippen molar-refractivity contribution in [3.8, 4) is 40.0 Å². The maximum absolute atomic E-state index is 15.2. The maximum Gasteiger partial charge on any atom is 0.324 e. The van der Waals surface area contributed by atoms with Gasteiger partial charge in [-0.05, 0) is 130 Å². The molecule has 372 valence electrons. The second-order valence-electron chi connectivity index (χ2n) is 21.3. The minimum Gasteiger partial charge on any atom is -0.508 e. The van der Waals surface area contributed by atoms with Gasteiger partial charge in [-0.25, -0.2) is 5.43 Å². The van der Waals surface area contributed by atoms with E-state index in [1.807, 2.05) is 51.0 Å². The van der Waals surface area contributed by atoms with Crippen LogP contribution in [0.1, 0.15) is 77.1 Å². The van der Waals surface area contributed by atoms with E-state index in [0.717, 1.165) is 44.5 Å². The molecule has 3 fully saturated rings. The van der Waals surface area contributed by atoms with Crippen LogP contribution >= 0.6 is 0 Å². The van der Waals surface area contributed by atoms with Crippen LogP contribution < -0.4 is 5.43 Å². The number of phenols is 1. The minimum absolute atomic E-state index is 0.0259. The number of Topliss-reactive ketones (excluding diaryl/α,β-unsaturated/α-hetero) is 1. The molecular formula is C55H69N7O8.